The first-order valence-electron chi connectivity index (χ1n) is 8.34. The summed E-state index contributed by atoms with van der Waals surface area (Å²) >= 11 is 6.14. The summed E-state index contributed by atoms with van der Waals surface area (Å²) in [5.74, 6) is -0.205. The highest BCUT2D eigenvalue weighted by atomic mass is 35.5. The number of halogens is 1. The summed E-state index contributed by atoms with van der Waals surface area (Å²) in [6.07, 6.45) is 0.650. The number of hydrazine groups is 1. The van der Waals surface area contributed by atoms with Crippen LogP contribution < -0.4 is 10.2 Å². The summed E-state index contributed by atoms with van der Waals surface area (Å²) in [5, 5.41) is 1.70. The van der Waals surface area contributed by atoms with Gasteiger partial charge in [-0.15, -0.1) is 0 Å². The molecule has 0 heterocycles. The van der Waals surface area contributed by atoms with Gasteiger partial charge in [0.15, 0.2) is 0 Å². The van der Waals surface area contributed by atoms with Crippen molar-refractivity contribution < 1.29 is 14.3 Å². The van der Waals surface area contributed by atoms with Crippen LogP contribution in [0.25, 0.3) is 0 Å². The minimum atomic E-state index is -0.589. The molecule has 2 rings (SSSR count). The number of amides is 2. The van der Waals surface area contributed by atoms with Crippen molar-refractivity contribution in [2.24, 2.45) is 0 Å². The molecular formula is C20H23ClN2O3. The second-order valence-corrected chi connectivity index (χ2v) is 6.87. The van der Waals surface area contributed by atoms with E-state index in [2.05, 4.69) is 5.43 Å². The Kier molecular flexibility index (Phi) is 6.27. The molecule has 2 aromatic rings. The van der Waals surface area contributed by atoms with Gasteiger partial charge in [0.2, 0.25) is 0 Å². The maximum Gasteiger partial charge on any atom is 0.272 e. The molecule has 2 amide bonds. The Morgan fingerprint density at radius 1 is 1.12 bits per heavy atom. The highest BCUT2D eigenvalue weighted by Crippen LogP contribution is 2.27. The van der Waals surface area contributed by atoms with Crippen molar-refractivity contribution in [2.45, 2.75) is 32.7 Å². The first kappa shape index (κ1) is 19.8. The van der Waals surface area contributed by atoms with E-state index in [4.69, 9.17) is 16.3 Å². The number of nitrogens with zero attached hydrogens (tertiary/aromatic N) is 1. The zero-order valence-electron chi connectivity index (χ0n) is 15.4. The van der Waals surface area contributed by atoms with E-state index in [0.717, 1.165) is 0 Å². The minimum Gasteiger partial charge on any atom is -0.495 e. The van der Waals surface area contributed by atoms with Crippen LogP contribution in [0.15, 0.2) is 48.5 Å². The van der Waals surface area contributed by atoms with Crippen molar-refractivity contribution in [3.05, 3.63) is 64.7 Å². The predicted molar refractivity (Wildman–Crippen MR) is 102 cm³/mol. The number of methoxy groups -OCH3 is 1. The molecule has 0 fully saturated rings. The summed E-state index contributed by atoms with van der Waals surface area (Å²) in [6, 6.07) is 13.6. The van der Waals surface area contributed by atoms with Crippen LogP contribution in [0.2, 0.25) is 5.02 Å². The molecule has 0 saturated carbocycles. The van der Waals surface area contributed by atoms with Crippen molar-refractivity contribution in [1.29, 1.82) is 0 Å². The molecule has 0 aromatic heterocycles. The average Bonchev–Trinajstić information content (AvgIpc) is 2.65. The Morgan fingerprint density at radius 3 is 2.31 bits per heavy atom. The van der Waals surface area contributed by atoms with Crippen LogP contribution in [0, 0.1) is 0 Å². The summed E-state index contributed by atoms with van der Waals surface area (Å²) in [4.78, 5) is 25.7. The van der Waals surface area contributed by atoms with Crippen LogP contribution in [-0.4, -0.2) is 29.5 Å². The minimum absolute atomic E-state index is 0.335. The van der Waals surface area contributed by atoms with Gasteiger partial charge < -0.3 is 4.74 Å². The third kappa shape index (κ3) is 4.35. The van der Waals surface area contributed by atoms with Crippen molar-refractivity contribution in [1.82, 2.24) is 10.4 Å². The zero-order valence-corrected chi connectivity index (χ0v) is 16.1. The van der Waals surface area contributed by atoms with Crippen LogP contribution >= 0.6 is 11.6 Å². The van der Waals surface area contributed by atoms with Crippen molar-refractivity contribution in [2.75, 3.05) is 7.11 Å². The third-order valence-electron chi connectivity index (χ3n) is 4.32. The Bertz CT molecular complexity index is 791. The molecule has 0 saturated heterocycles. The summed E-state index contributed by atoms with van der Waals surface area (Å²) in [5.41, 5.74) is 3.00. The van der Waals surface area contributed by atoms with Gasteiger partial charge in [-0.1, -0.05) is 36.7 Å². The number of rotatable bonds is 5. The van der Waals surface area contributed by atoms with Gasteiger partial charge in [-0.2, -0.15) is 0 Å². The quantitative estimate of drug-likeness (QED) is 0.792. The number of ether oxygens (including phenoxy) is 1. The Hall–Kier alpha value is -2.53. The lowest BCUT2D eigenvalue weighted by Crippen LogP contribution is -2.57. The fourth-order valence-electron chi connectivity index (χ4n) is 2.32. The van der Waals surface area contributed by atoms with Crippen molar-refractivity contribution in [3.63, 3.8) is 0 Å². The van der Waals surface area contributed by atoms with Gasteiger partial charge in [0, 0.05) is 11.1 Å². The fraction of sp³-hybridized carbons (Fsp3) is 0.300. The highest BCUT2D eigenvalue weighted by molar-refractivity contribution is 6.32. The monoisotopic (exact) mass is 374 g/mol. The zero-order chi connectivity index (χ0) is 19.3. The van der Waals surface area contributed by atoms with Gasteiger partial charge in [-0.3, -0.25) is 15.0 Å². The lowest BCUT2D eigenvalue weighted by molar-refractivity contribution is 0.0307. The fourth-order valence-corrected chi connectivity index (χ4v) is 2.58. The first-order valence-corrected chi connectivity index (χ1v) is 8.72. The Balaban J connectivity index is 2.34. The smallest absolute Gasteiger partial charge is 0.272 e. The second-order valence-electron chi connectivity index (χ2n) is 6.46. The van der Waals surface area contributed by atoms with E-state index in [-0.39, 0.29) is 11.8 Å². The number of hydrogen-bond acceptors (Lipinski definition) is 3. The number of carbonyl (C=O) groups is 2. The van der Waals surface area contributed by atoms with E-state index in [0.29, 0.717) is 28.3 Å². The topological polar surface area (TPSA) is 58.6 Å². The summed E-state index contributed by atoms with van der Waals surface area (Å²) < 4.78 is 5.12. The second kappa shape index (κ2) is 8.23. The molecule has 0 bridgehead atoms. The van der Waals surface area contributed by atoms with Crippen LogP contribution in [0.5, 0.6) is 5.75 Å². The first-order chi connectivity index (χ1) is 12.3. The van der Waals surface area contributed by atoms with Gasteiger partial charge >= 0.3 is 0 Å². The standard InChI is InChI=1S/C20H23ClN2O3/c1-5-20(2,3)23(22-18(24)14-9-7-6-8-10-14)19(25)15-11-12-17(26-4)16(21)13-15/h6-13H,5H2,1-4H3,(H,22,24). The molecule has 1 N–H and O–H groups in total. The maximum atomic E-state index is 13.1. The van der Waals surface area contributed by atoms with Crippen LogP contribution in [0.4, 0.5) is 0 Å². The van der Waals surface area contributed by atoms with Crippen LogP contribution in [0.1, 0.15) is 47.9 Å². The highest BCUT2D eigenvalue weighted by Gasteiger charge is 2.32. The van der Waals surface area contributed by atoms with Crippen molar-refractivity contribution >= 4 is 23.4 Å². The molecule has 0 radical (unpaired) electrons. The van der Waals surface area contributed by atoms with E-state index in [1.165, 1.54) is 18.2 Å². The number of carbonyl (C=O) groups excluding carboxylic acids is 2. The van der Waals surface area contributed by atoms with Gasteiger partial charge in [0.05, 0.1) is 17.7 Å². The molecule has 26 heavy (non-hydrogen) atoms. The molecule has 0 atom stereocenters. The molecule has 0 aliphatic rings. The van der Waals surface area contributed by atoms with E-state index in [9.17, 15) is 9.59 Å². The maximum absolute atomic E-state index is 13.1. The Morgan fingerprint density at radius 2 is 1.77 bits per heavy atom. The van der Waals surface area contributed by atoms with Gasteiger partial charge in [-0.25, -0.2) is 5.01 Å². The van der Waals surface area contributed by atoms with E-state index in [1.54, 1.807) is 36.4 Å². The van der Waals surface area contributed by atoms with E-state index in [1.807, 2.05) is 26.8 Å². The molecule has 2 aromatic carbocycles. The third-order valence-corrected chi connectivity index (χ3v) is 4.62. The lowest BCUT2D eigenvalue weighted by atomic mass is 10.00. The predicted octanol–water partition coefficient (Wildman–Crippen LogP) is 4.32. The SMILES string of the molecule is CCC(C)(C)N(NC(=O)c1ccccc1)C(=O)c1ccc(OC)c(Cl)c1. The normalized spacial score (nSPS) is 11.0. The number of benzene rings is 2. The van der Waals surface area contributed by atoms with E-state index < -0.39 is 5.54 Å². The lowest BCUT2D eigenvalue weighted by Gasteiger charge is -2.37. The average molecular weight is 375 g/mol. The molecule has 0 unspecified atom stereocenters. The van der Waals surface area contributed by atoms with Gasteiger partial charge in [0.1, 0.15) is 5.75 Å². The largest absolute Gasteiger partial charge is 0.495 e. The number of nitrogens with one attached hydrogen (secondary N) is 1. The molecule has 0 aliphatic carbocycles. The molecule has 0 spiro atoms. The molecule has 0 aliphatic heterocycles. The molecule has 6 heteroatoms. The van der Waals surface area contributed by atoms with Crippen LogP contribution in [0.3, 0.4) is 0 Å². The summed E-state index contributed by atoms with van der Waals surface area (Å²) in [7, 11) is 1.51. The molecular weight excluding hydrogens is 352 g/mol. The van der Waals surface area contributed by atoms with Crippen LogP contribution in [-0.2, 0) is 0 Å². The number of hydrogen-bond donors (Lipinski definition) is 1. The summed E-state index contributed by atoms with van der Waals surface area (Å²) in [6.45, 7) is 5.73. The molecule has 5 nitrogen and oxygen atoms in total. The van der Waals surface area contributed by atoms with Crippen molar-refractivity contribution in [3.8, 4) is 5.75 Å². The Labute approximate surface area is 158 Å². The van der Waals surface area contributed by atoms with E-state index >= 15 is 0 Å². The van der Waals surface area contributed by atoms with Gasteiger partial charge in [-0.05, 0) is 50.6 Å². The van der Waals surface area contributed by atoms with Gasteiger partial charge in [0.25, 0.3) is 11.8 Å². The molecule has 138 valence electrons.